The second-order valence-electron chi connectivity index (χ2n) is 6.60. The fourth-order valence-electron chi connectivity index (χ4n) is 2.90. The molecule has 0 atom stereocenters. The van der Waals surface area contributed by atoms with Gasteiger partial charge in [-0.2, -0.15) is 9.61 Å². The van der Waals surface area contributed by atoms with Crippen molar-refractivity contribution in [2.24, 2.45) is 0 Å². The average molecular weight is 453 g/mol. The zero-order valence-electron chi connectivity index (χ0n) is 17.0. The SMILES string of the molecule is CCc1nn2c(=O)cc(CSc3ccccc3NC(=O)c3ccc(OC)cc3)nc2s1. The van der Waals surface area contributed by atoms with Crippen LogP contribution in [-0.2, 0) is 12.2 Å². The van der Waals surface area contributed by atoms with Gasteiger partial charge in [0.2, 0.25) is 4.96 Å². The number of aromatic nitrogens is 3. The molecule has 0 saturated heterocycles. The largest absolute Gasteiger partial charge is 0.497 e. The number of carbonyl (C=O) groups excluding carboxylic acids is 1. The van der Waals surface area contributed by atoms with Crippen LogP contribution < -0.4 is 15.6 Å². The van der Waals surface area contributed by atoms with Crippen LogP contribution in [0.25, 0.3) is 4.96 Å². The molecule has 0 aliphatic rings. The maximum absolute atomic E-state index is 12.6. The van der Waals surface area contributed by atoms with Crippen molar-refractivity contribution >= 4 is 39.7 Å². The normalized spacial score (nSPS) is 10.9. The number of aryl methyl sites for hydroxylation is 1. The van der Waals surface area contributed by atoms with E-state index >= 15 is 0 Å². The van der Waals surface area contributed by atoms with E-state index < -0.39 is 0 Å². The highest BCUT2D eigenvalue weighted by molar-refractivity contribution is 7.98. The molecule has 0 fully saturated rings. The molecule has 9 heteroatoms. The number of nitrogens with zero attached hydrogens (tertiary/aromatic N) is 3. The lowest BCUT2D eigenvalue weighted by atomic mass is 10.2. The first kappa shape index (κ1) is 21.1. The molecule has 0 saturated carbocycles. The van der Waals surface area contributed by atoms with E-state index in [0.29, 0.717) is 33.4 Å². The zero-order valence-corrected chi connectivity index (χ0v) is 18.6. The first-order valence-corrected chi connectivity index (χ1v) is 11.4. The van der Waals surface area contributed by atoms with Crippen LogP contribution in [0.4, 0.5) is 5.69 Å². The first-order chi connectivity index (χ1) is 15.1. The number of amides is 1. The third kappa shape index (κ3) is 4.78. The molecule has 158 valence electrons. The smallest absolute Gasteiger partial charge is 0.275 e. The van der Waals surface area contributed by atoms with Crippen LogP contribution in [0, 0.1) is 0 Å². The third-order valence-electron chi connectivity index (χ3n) is 4.51. The predicted molar refractivity (Wildman–Crippen MR) is 123 cm³/mol. The van der Waals surface area contributed by atoms with Crippen LogP contribution in [0.2, 0.25) is 0 Å². The van der Waals surface area contributed by atoms with Crippen LogP contribution in [0.15, 0.2) is 64.3 Å². The quantitative estimate of drug-likeness (QED) is 0.422. The highest BCUT2D eigenvalue weighted by atomic mass is 32.2. The minimum Gasteiger partial charge on any atom is -0.497 e. The summed E-state index contributed by atoms with van der Waals surface area (Å²) in [7, 11) is 1.58. The van der Waals surface area contributed by atoms with E-state index in [-0.39, 0.29) is 11.5 Å². The summed E-state index contributed by atoms with van der Waals surface area (Å²) in [6, 6.07) is 16.0. The minimum atomic E-state index is -0.203. The molecule has 0 bridgehead atoms. The summed E-state index contributed by atoms with van der Waals surface area (Å²) in [5.41, 5.74) is 1.74. The van der Waals surface area contributed by atoms with Crippen molar-refractivity contribution in [1.29, 1.82) is 0 Å². The lowest BCUT2D eigenvalue weighted by Gasteiger charge is -2.11. The van der Waals surface area contributed by atoms with Crippen molar-refractivity contribution in [3.05, 3.63) is 81.2 Å². The summed E-state index contributed by atoms with van der Waals surface area (Å²) < 4.78 is 6.48. The molecule has 2 aromatic carbocycles. The van der Waals surface area contributed by atoms with E-state index in [2.05, 4.69) is 15.4 Å². The van der Waals surface area contributed by atoms with Gasteiger partial charge in [-0.15, -0.1) is 11.8 Å². The van der Waals surface area contributed by atoms with E-state index in [1.54, 1.807) is 31.4 Å². The summed E-state index contributed by atoms with van der Waals surface area (Å²) in [5, 5.41) is 8.11. The number of rotatable bonds is 7. The standard InChI is InChI=1S/C22H20N4O3S2/c1-3-19-25-26-20(27)12-15(23-22(26)31-19)13-30-18-7-5-4-6-17(18)24-21(28)14-8-10-16(29-2)11-9-14/h4-12H,3,13H2,1-2H3,(H,24,28). The number of anilines is 1. The van der Waals surface area contributed by atoms with Crippen LogP contribution in [0.5, 0.6) is 5.75 Å². The molecule has 0 aliphatic heterocycles. The van der Waals surface area contributed by atoms with Gasteiger partial charge in [-0.25, -0.2) is 4.98 Å². The van der Waals surface area contributed by atoms with Gasteiger partial charge in [-0.1, -0.05) is 30.4 Å². The summed E-state index contributed by atoms with van der Waals surface area (Å²) in [6.07, 6.45) is 0.763. The highest BCUT2D eigenvalue weighted by Crippen LogP contribution is 2.30. The van der Waals surface area contributed by atoms with Gasteiger partial charge in [0.05, 0.1) is 18.5 Å². The van der Waals surface area contributed by atoms with Gasteiger partial charge in [0.25, 0.3) is 11.5 Å². The molecule has 7 nitrogen and oxygen atoms in total. The fourth-order valence-corrected chi connectivity index (χ4v) is 4.66. The van der Waals surface area contributed by atoms with E-state index in [0.717, 1.165) is 16.3 Å². The molecule has 1 amide bonds. The van der Waals surface area contributed by atoms with Crippen molar-refractivity contribution < 1.29 is 9.53 Å². The maximum Gasteiger partial charge on any atom is 0.275 e. The van der Waals surface area contributed by atoms with Crippen molar-refractivity contribution in [1.82, 2.24) is 14.6 Å². The predicted octanol–water partition coefficient (Wildman–Crippen LogP) is 4.27. The summed E-state index contributed by atoms with van der Waals surface area (Å²) >= 11 is 2.94. The number of benzene rings is 2. The first-order valence-electron chi connectivity index (χ1n) is 9.63. The van der Waals surface area contributed by atoms with Crippen molar-refractivity contribution in [3.63, 3.8) is 0 Å². The lowest BCUT2D eigenvalue weighted by Crippen LogP contribution is -2.15. The van der Waals surface area contributed by atoms with Gasteiger partial charge in [0, 0.05) is 22.3 Å². The number of thioether (sulfide) groups is 1. The Balaban J connectivity index is 1.50. The highest BCUT2D eigenvalue weighted by Gasteiger charge is 2.12. The van der Waals surface area contributed by atoms with E-state index in [1.807, 2.05) is 31.2 Å². The molecule has 4 aromatic rings. The van der Waals surface area contributed by atoms with Gasteiger partial charge >= 0.3 is 0 Å². The second-order valence-corrected chi connectivity index (χ2v) is 8.65. The molecule has 31 heavy (non-hydrogen) atoms. The second kappa shape index (κ2) is 9.32. The van der Waals surface area contributed by atoms with Gasteiger partial charge in [0.1, 0.15) is 10.8 Å². The molecule has 0 radical (unpaired) electrons. The monoisotopic (exact) mass is 452 g/mol. The Bertz CT molecular complexity index is 1280. The van der Waals surface area contributed by atoms with E-state index in [1.165, 1.54) is 33.7 Å². The van der Waals surface area contributed by atoms with Crippen LogP contribution in [-0.4, -0.2) is 27.6 Å². The van der Waals surface area contributed by atoms with E-state index in [4.69, 9.17) is 4.74 Å². The van der Waals surface area contributed by atoms with Crippen LogP contribution in [0.1, 0.15) is 28.0 Å². The molecule has 4 rings (SSSR count). The Morgan fingerprint density at radius 1 is 1.19 bits per heavy atom. The van der Waals surface area contributed by atoms with Gasteiger partial charge in [-0.3, -0.25) is 9.59 Å². The Morgan fingerprint density at radius 3 is 2.71 bits per heavy atom. The van der Waals surface area contributed by atoms with Crippen molar-refractivity contribution in [2.75, 3.05) is 12.4 Å². The topological polar surface area (TPSA) is 85.6 Å². The van der Waals surface area contributed by atoms with Gasteiger partial charge in [0.15, 0.2) is 0 Å². The number of methoxy groups -OCH3 is 1. The Morgan fingerprint density at radius 2 is 1.97 bits per heavy atom. The lowest BCUT2D eigenvalue weighted by molar-refractivity contribution is 0.102. The number of hydrogen-bond donors (Lipinski definition) is 1. The Kier molecular flexibility index (Phi) is 6.34. The molecular weight excluding hydrogens is 432 g/mol. The number of carbonyl (C=O) groups is 1. The number of para-hydroxylation sites is 1. The molecule has 0 aliphatic carbocycles. The molecule has 0 spiro atoms. The molecular formula is C22H20N4O3S2. The number of fused-ring (bicyclic) bond motifs is 1. The zero-order chi connectivity index (χ0) is 21.8. The van der Waals surface area contributed by atoms with Gasteiger partial charge in [-0.05, 0) is 42.8 Å². The Hall–Kier alpha value is -3.17. The average Bonchev–Trinajstić information content (AvgIpc) is 3.22. The third-order valence-corrected chi connectivity index (χ3v) is 6.67. The van der Waals surface area contributed by atoms with Gasteiger partial charge < -0.3 is 10.1 Å². The summed E-state index contributed by atoms with van der Waals surface area (Å²) in [4.78, 5) is 31.1. The molecule has 0 unspecified atom stereocenters. The van der Waals surface area contributed by atoms with Crippen LogP contribution >= 0.6 is 23.1 Å². The number of ether oxygens (including phenoxy) is 1. The molecule has 2 heterocycles. The minimum absolute atomic E-state index is 0.183. The van der Waals surface area contributed by atoms with Crippen molar-refractivity contribution in [2.45, 2.75) is 24.0 Å². The van der Waals surface area contributed by atoms with Crippen molar-refractivity contribution in [3.8, 4) is 5.75 Å². The maximum atomic E-state index is 12.6. The number of hydrogen-bond acceptors (Lipinski definition) is 7. The fraction of sp³-hybridized carbons (Fsp3) is 0.182. The Labute approximate surface area is 187 Å². The molecule has 2 aromatic heterocycles. The summed E-state index contributed by atoms with van der Waals surface area (Å²) in [6.45, 7) is 2.00. The van der Waals surface area contributed by atoms with E-state index in [9.17, 15) is 9.59 Å². The molecule has 1 N–H and O–H groups in total. The summed E-state index contributed by atoms with van der Waals surface area (Å²) in [5.74, 6) is 0.991. The van der Waals surface area contributed by atoms with Crippen LogP contribution in [0.3, 0.4) is 0 Å². The number of nitrogens with one attached hydrogen (secondary N) is 1.